The highest BCUT2D eigenvalue weighted by Gasteiger charge is 2.31. The smallest absolute Gasteiger partial charge is 0.489 e. The molecule has 29 heavy (non-hydrogen) atoms. The molecule has 1 aromatic heterocycles. The topological polar surface area (TPSA) is 70.8 Å². The predicted molar refractivity (Wildman–Crippen MR) is 95.4 cm³/mol. The second-order valence-corrected chi connectivity index (χ2v) is 5.81. The molecule has 9 heteroatoms. The van der Waals surface area contributed by atoms with Crippen LogP contribution in [0.2, 0.25) is 0 Å². The molecule has 2 aromatic carbocycles. The SMILES string of the molecule is CCOC(=O)c1cc(-c2cccc(OCc3cccc(OC(F)(F)F)c3)c2)on1. The van der Waals surface area contributed by atoms with Crippen LogP contribution >= 0.6 is 0 Å². The molecule has 0 amide bonds. The minimum Gasteiger partial charge on any atom is -0.489 e. The molecule has 3 aromatic rings. The normalized spacial score (nSPS) is 11.2. The van der Waals surface area contributed by atoms with Gasteiger partial charge in [0.2, 0.25) is 0 Å². The molecule has 6 nitrogen and oxygen atoms in total. The van der Waals surface area contributed by atoms with Crippen LogP contribution in [0.3, 0.4) is 0 Å². The fraction of sp³-hybridized carbons (Fsp3) is 0.200. The molecule has 0 unspecified atom stereocenters. The second kappa shape index (κ2) is 8.68. The summed E-state index contributed by atoms with van der Waals surface area (Å²) in [4.78, 5) is 11.7. The molecule has 152 valence electrons. The van der Waals surface area contributed by atoms with Crippen molar-refractivity contribution in [3.05, 3.63) is 65.9 Å². The molecule has 0 fully saturated rings. The van der Waals surface area contributed by atoms with Crippen LogP contribution in [-0.4, -0.2) is 24.1 Å². The molecular formula is C20H16F3NO5. The van der Waals surface area contributed by atoms with Crippen LogP contribution < -0.4 is 9.47 Å². The molecule has 0 aliphatic heterocycles. The molecule has 0 saturated carbocycles. The Hall–Kier alpha value is -3.49. The molecule has 0 aliphatic carbocycles. The minimum atomic E-state index is -4.76. The van der Waals surface area contributed by atoms with Crippen molar-refractivity contribution in [3.8, 4) is 22.8 Å². The first-order chi connectivity index (χ1) is 13.8. The van der Waals surface area contributed by atoms with E-state index in [2.05, 4.69) is 9.89 Å². The van der Waals surface area contributed by atoms with E-state index in [1.165, 1.54) is 24.3 Å². The summed E-state index contributed by atoms with van der Waals surface area (Å²) in [5, 5.41) is 3.68. The average Bonchev–Trinajstić information content (AvgIpc) is 3.16. The van der Waals surface area contributed by atoms with Gasteiger partial charge in [0, 0.05) is 11.6 Å². The van der Waals surface area contributed by atoms with Gasteiger partial charge in [-0.1, -0.05) is 29.4 Å². The first-order valence-corrected chi connectivity index (χ1v) is 8.56. The van der Waals surface area contributed by atoms with Crippen LogP contribution in [0.15, 0.2) is 59.1 Å². The van der Waals surface area contributed by atoms with Crippen molar-refractivity contribution in [2.24, 2.45) is 0 Å². The fourth-order valence-electron chi connectivity index (χ4n) is 2.45. The van der Waals surface area contributed by atoms with Crippen molar-refractivity contribution in [2.75, 3.05) is 6.61 Å². The molecular weight excluding hydrogens is 391 g/mol. The summed E-state index contributed by atoms with van der Waals surface area (Å²) in [6.07, 6.45) is -4.76. The van der Waals surface area contributed by atoms with E-state index in [0.717, 1.165) is 0 Å². The summed E-state index contributed by atoms with van der Waals surface area (Å²) in [5.41, 5.74) is 1.16. The summed E-state index contributed by atoms with van der Waals surface area (Å²) < 4.78 is 56.6. The maximum absolute atomic E-state index is 12.3. The lowest BCUT2D eigenvalue weighted by Gasteiger charge is -2.11. The quantitative estimate of drug-likeness (QED) is 0.514. The molecule has 1 heterocycles. The third kappa shape index (κ3) is 5.74. The molecule has 0 spiro atoms. The molecule has 3 rings (SSSR count). The van der Waals surface area contributed by atoms with Gasteiger partial charge in [0.05, 0.1) is 6.61 Å². The number of hydrogen-bond donors (Lipinski definition) is 0. The summed E-state index contributed by atoms with van der Waals surface area (Å²) in [5.74, 6) is -0.103. The Morgan fingerprint density at radius 3 is 2.59 bits per heavy atom. The van der Waals surface area contributed by atoms with E-state index >= 15 is 0 Å². The van der Waals surface area contributed by atoms with Gasteiger partial charge in [-0.05, 0) is 36.8 Å². The number of rotatable bonds is 7. The Balaban J connectivity index is 1.68. The molecule has 0 radical (unpaired) electrons. The Morgan fingerprint density at radius 2 is 1.83 bits per heavy atom. The predicted octanol–water partition coefficient (Wildman–Crippen LogP) is 5.00. The van der Waals surface area contributed by atoms with Crippen LogP contribution in [0.5, 0.6) is 11.5 Å². The van der Waals surface area contributed by atoms with Crippen molar-refractivity contribution in [3.63, 3.8) is 0 Å². The van der Waals surface area contributed by atoms with Gasteiger partial charge < -0.3 is 18.7 Å². The molecule has 0 saturated heterocycles. The first kappa shape index (κ1) is 20.2. The molecule has 0 atom stereocenters. The lowest BCUT2D eigenvalue weighted by atomic mass is 10.1. The van der Waals surface area contributed by atoms with Crippen LogP contribution in [0.1, 0.15) is 23.0 Å². The lowest BCUT2D eigenvalue weighted by Crippen LogP contribution is -2.17. The average molecular weight is 407 g/mol. The standard InChI is InChI=1S/C20H16F3NO5/c1-2-26-19(25)17-11-18(29-24-17)14-6-4-7-15(10-14)27-12-13-5-3-8-16(9-13)28-20(21,22)23/h3-11H,2,12H2,1H3. The summed E-state index contributed by atoms with van der Waals surface area (Å²) in [6.45, 7) is 1.94. The number of esters is 1. The summed E-state index contributed by atoms with van der Waals surface area (Å²) in [7, 11) is 0. The Morgan fingerprint density at radius 1 is 1.07 bits per heavy atom. The Bertz CT molecular complexity index is 984. The number of nitrogens with zero attached hydrogens (tertiary/aromatic N) is 1. The van der Waals surface area contributed by atoms with Crippen LogP contribution in [0, 0.1) is 0 Å². The van der Waals surface area contributed by atoms with E-state index < -0.39 is 12.3 Å². The van der Waals surface area contributed by atoms with Crippen molar-refractivity contribution >= 4 is 5.97 Å². The Labute approximate surface area is 163 Å². The van der Waals surface area contributed by atoms with Crippen LogP contribution in [0.4, 0.5) is 13.2 Å². The van der Waals surface area contributed by atoms with Gasteiger partial charge in [0.1, 0.15) is 18.1 Å². The number of aromatic nitrogens is 1. The number of ether oxygens (including phenoxy) is 3. The number of carbonyl (C=O) groups excluding carboxylic acids is 1. The van der Waals surface area contributed by atoms with Crippen LogP contribution in [0.25, 0.3) is 11.3 Å². The number of carbonyl (C=O) groups is 1. The number of hydrogen-bond acceptors (Lipinski definition) is 6. The minimum absolute atomic E-state index is 0.0307. The van der Waals surface area contributed by atoms with Crippen molar-refractivity contribution in [2.45, 2.75) is 19.9 Å². The van der Waals surface area contributed by atoms with Gasteiger partial charge in [-0.3, -0.25) is 0 Å². The van der Waals surface area contributed by atoms with Gasteiger partial charge in [0.15, 0.2) is 11.5 Å². The summed E-state index contributed by atoms with van der Waals surface area (Å²) in [6, 6.07) is 13.8. The lowest BCUT2D eigenvalue weighted by molar-refractivity contribution is -0.274. The Kier molecular flexibility index (Phi) is 6.06. The van der Waals surface area contributed by atoms with Crippen molar-refractivity contribution in [1.82, 2.24) is 5.16 Å². The highest BCUT2D eigenvalue weighted by molar-refractivity contribution is 5.88. The van der Waals surface area contributed by atoms with E-state index in [0.29, 0.717) is 22.6 Å². The molecule has 0 bridgehead atoms. The first-order valence-electron chi connectivity index (χ1n) is 8.56. The van der Waals surface area contributed by atoms with E-state index in [1.54, 1.807) is 37.3 Å². The van der Waals surface area contributed by atoms with E-state index in [-0.39, 0.29) is 24.7 Å². The highest BCUT2D eigenvalue weighted by atomic mass is 19.4. The van der Waals surface area contributed by atoms with Gasteiger partial charge in [-0.25, -0.2) is 4.79 Å². The maximum atomic E-state index is 12.3. The summed E-state index contributed by atoms with van der Waals surface area (Å²) >= 11 is 0. The third-order valence-electron chi connectivity index (χ3n) is 3.65. The number of benzene rings is 2. The molecule has 0 N–H and O–H groups in total. The second-order valence-electron chi connectivity index (χ2n) is 5.81. The third-order valence-corrected chi connectivity index (χ3v) is 3.65. The van der Waals surface area contributed by atoms with E-state index in [4.69, 9.17) is 14.0 Å². The van der Waals surface area contributed by atoms with Gasteiger partial charge >= 0.3 is 12.3 Å². The monoisotopic (exact) mass is 407 g/mol. The van der Waals surface area contributed by atoms with Gasteiger partial charge in [-0.15, -0.1) is 13.2 Å². The van der Waals surface area contributed by atoms with Crippen molar-refractivity contribution < 1.29 is 36.7 Å². The van der Waals surface area contributed by atoms with E-state index in [9.17, 15) is 18.0 Å². The number of halogens is 3. The zero-order valence-corrected chi connectivity index (χ0v) is 15.2. The highest BCUT2D eigenvalue weighted by Crippen LogP contribution is 2.27. The largest absolute Gasteiger partial charge is 0.573 e. The van der Waals surface area contributed by atoms with Gasteiger partial charge in [-0.2, -0.15) is 0 Å². The number of alkyl halides is 3. The maximum Gasteiger partial charge on any atom is 0.573 e. The zero-order chi connectivity index (χ0) is 20.9. The van der Waals surface area contributed by atoms with Crippen LogP contribution in [-0.2, 0) is 11.3 Å². The van der Waals surface area contributed by atoms with Gasteiger partial charge in [0.25, 0.3) is 0 Å². The zero-order valence-electron chi connectivity index (χ0n) is 15.2. The fourth-order valence-corrected chi connectivity index (χ4v) is 2.45. The van der Waals surface area contributed by atoms with E-state index in [1.807, 2.05) is 0 Å². The van der Waals surface area contributed by atoms with Crippen molar-refractivity contribution in [1.29, 1.82) is 0 Å². The molecule has 0 aliphatic rings.